The molecule has 20 heavy (non-hydrogen) atoms. The summed E-state index contributed by atoms with van der Waals surface area (Å²) in [6.45, 7) is 10.5. The number of hydrogen-bond donors (Lipinski definition) is 0. The van der Waals surface area contributed by atoms with Crippen molar-refractivity contribution in [2.24, 2.45) is 0 Å². The van der Waals surface area contributed by atoms with Crippen molar-refractivity contribution in [2.75, 3.05) is 52.5 Å². The predicted octanol–water partition coefficient (Wildman–Crippen LogP) is 2.35. The van der Waals surface area contributed by atoms with Gasteiger partial charge in [-0.25, -0.2) is 0 Å². The van der Waals surface area contributed by atoms with Gasteiger partial charge >= 0.3 is 0 Å². The third kappa shape index (κ3) is 5.45. The zero-order valence-electron chi connectivity index (χ0n) is 12.5. The van der Waals surface area contributed by atoms with Crippen molar-refractivity contribution in [1.29, 1.82) is 0 Å². The second-order valence-corrected chi connectivity index (χ2v) is 5.15. The first kappa shape index (κ1) is 15.2. The number of ether oxygens (including phenoxy) is 1. The fourth-order valence-corrected chi connectivity index (χ4v) is 2.44. The van der Waals surface area contributed by atoms with Crippen molar-refractivity contribution < 1.29 is 4.74 Å². The van der Waals surface area contributed by atoms with Gasteiger partial charge in [-0.05, 0) is 12.5 Å². The molecule has 1 aliphatic rings. The van der Waals surface area contributed by atoms with Crippen molar-refractivity contribution in [2.45, 2.75) is 6.92 Å². The van der Waals surface area contributed by atoms with Gasteiger partial charge in [-0.15, -0.1) is 0 Å². The average Bonchev–Trinajstić information content (AvgIpc) is 2.50. The van der Waals surface area contributed by atoms with Crippen LogP contribution < -0.4 is 0 Å². The molecule has 1 heterocycles. The van der Waals surface area contributed by atoms with Gasteiger partial charge in [0, 0.05) is 45.9 Å². The zero-order valence-corrected chi connectivity index (χ0v) is 12.5. The maximum Gasteiger partial charge on any atom is 0.0593 e. The molecule has 0 aromatic heterocycles. The number of benzene rings is 1. The summed E-state index contributed by atoms with van der Waals surface area (Å²) in [6, 6.07) is 10.5. The summed E-state index contributed by atoms with van der Waals surface area (Å²) in [4.78, 5) is 5.00. The first-order valence-corrected chi connectivity index (χ1v) is 7.62. The monoisotopic (exact) mass is 274 g/mol. The lowest BCUT2D eigenvalue weighted by Gasteiger charge is -2.33. The highest BCUT2D eigenvalue weighted by molar-refractivity contribution is 5.48. The largest absolute Gasteiger partial charge is 0.380 e. The molecule has 0 radical (unpaired) electrons. The van der Waals surface area contributed by atoms with E-state index in [4.69, 9.17) is 4.74 Å². The lowest BCUT2D eigenvalue weighted by Crippen LogP contribution is -2.47. The molecule has 1 saturated heterocycles. The van der Waals surface area contributed by atoms with Gasteiger partial charge in [0.25, 0.3) is 0 Å². The summed E-state index contributed by atoms with van der Waals surface area (Å²) in [5, 5.41) is 0. The minimum absolute atomic E-state index is 0.824. The fraction of sp³-hybridized carbons (Fsp3) is 0.529. The van der Waals surface area contributed by atoms with Crippen LogP contribution in [0.4, 0.5) is 0 Å². The van der Waals surface area contributed by atoms with Crippen LogP contribution in [-0.4, -0.2) is 62.3 Å². The van der Waals surface area contributed by atoms with Crippen LogP contribution in [0.25, 0.3) is 6.08 Å². The van der Waals surface area contributed by atoms with Gasteiger partial charge in [0.15, 0.2) is 0 Å². The predicted molar refractivity (Wildman–Crippen MR) is 84.8 cm³/mol. The summed E-state index contributed by atoms with van der Waals surface area (Å²) in [7, 11) is 0. The van der Waals surface area contributed by atoms with Crippen molar-refractivity contribution in [3.63, 3.8) is 0 Å². The van der Waals surface area contributed by atoms with Crippen molar-refractivity contribution >= 4 is 6.08 Å². The van der Waals surface area contributed by atoms with Gasteiger partial charge in [-0.2, -0.15) is 0 Å². The molecule has 110 valence electrons. The molecule has 0 aliphatic carbocycles. The first-order chi connectivity index (χ1) is 9.88. The summed E-state index contributed by atoms with van der Waals surface area (Å²) in [6.07, 6.45) is 4.48. The SMILES string of the molecule is CCOCCN1CCN(CC=Cc2ccccc2)CC1. The van der Waals surface area contributed by atoms with E-state index in [-0.39, 0.29) is 0 Å². The van der Waals surface area contributed by atoms with Crippen LogP contribution in [0.2, 0.25) is 0 Å². The van der Waals surface area contributed by atoms with Crippen LogP contribution in [0.3, 0.4) is 0 Å². The molecule has 0 atom stereocenters. The molecule has 3 heteroatoms. The van der Waals surface area contributed by atoms with Gasteiger partial charge in [-0.3, -0.25) is 9.80 Å². The number of rotatable bonds is 7. The number of piperazine rings is 1. The van der Waals surface area contributed by atoms with E-state index in [0.717, 1.165) is 52.5 Å². The summed E-state index contributed by atoms with van der Waals surface area (Å²) in [5.41, 5.74) is 1.28. The normalized spacial score (nSPS) is 17.9. The van der Waals surface area contributed by atoms with Crippen LogP contribution in [0.15, 0.2) is 36.4 Å². The van der Waals surface area contributed by atoms with Gasteiger partial charge < -0.3 is 4.74 Å². The standard InChI is InChI=1S/C17H26N2O/c1-2-20-16-15-19-13-11-18(12-14-19)10-6-9-17-7-4-3-5-8-17/h3-9H,2,10-16H2,1H3. The van der Waals surface area contributed by atoms with Crippen molar-refractivity contribution in [1.82, 2.24) is 9.80 Å². The summed E-state index contributed by atoms with van der Waals surface area (Å²) in [5.74, 6) is 0. The summed E-state index contributed by atoms with van der Waals surface area (Å²) < 4.78 is 5.41. The molecule has 0 spiro atoms. The highest BCUT2D eigenvalue weighted by Crippen LogP contribution is 2.04. The van der Waals surface area contributed by atoms with Crippen molar-refractivity contribution in [3.8, 4) is 0 Å². The lowest BCUT2D eigenvalue weighted by atomic mass is 10.2. The molecule has 0 amide bonds. The van der Waals surface area contributed by atoms with Crippen LogP contribution in [0.5, 0.6) is 0 Å². The second-order valence-electron chi connectivity index (χ2n) is 5.15. The molecule has 1 aliphatic heterocycles. The van der Waals surface area contributed by atoms with E-state index >= 15 is 0 Å². The van der Waals surface area contributed by atoms with E-state index in [1.54, 1.807) is 0 Å². The average molecular weight is 274 g/mol. The van der Waals surface area contributed by atoms with Crippen LogP contribution >= 0.6 is 0 Å². The Bertz CT molecular complexity index is 383. The Kier molecular flexibility index (Phi) is 6.78. The first-order valence-electron chi connectivity index (χ1n) is 7.62. The Labute approximate surface area is 122 Å². The molecule has 2 rings (SSSR count). The van der Waals surface area contributed by atoms with Crippen LogP contribution in [-0.2, 0) is 4.74 Å². The fourth-order valence-electron chi connectivity index (χ4n) is 2.44. The Balaban J connectivity index is 1.63. The maximum atomic E-state index is 5.41. The molecule has 1 fully saturated rings. The number of nitrogens with zero attached hydrogens (tertiary/aromatic N) is 2. The molecule has 0 unspecified atom stereocenters. The van der Waals surface area contributed by atoms with Gasteiger partial charge in [0.05, 0.1) is 6.61 Å². The zero-order chi connectivity index (χ0) is 14.0. The van der Waals surface area contributed by atoms with Crippen molar-refractivity contribution in [3.05, 3.63) is 42.0 Å². The topological polar surface area (TPSA) is 15.7 Å². The smallest absolute Gasteiger partial charge is 0.0593 e. The molecule has 3 nitrogen and oxygen atoms in total. The highest BCUT2D eigenvalue weighted by Gasteiger charge is 2.14. The van der Waals surface area contributed by atoms with E-state index in [9.17, 15) is 0 Å². The maximum absolute atomic E-state index is 5.41. The Morgan fingerprint density at radius 1 is 1.05 bits per heavy atom. The third-order valence-corrected chi connectivity index (χ3v) is 3.69. The van der Waals surface area contributed by atoms with Gasteiger partial charge in [-0.1, -0.05) is 42.5 Å². The molecule has 0 bridgehead atoms. The van der Waals surface area contributed by atoms with E-state index < -0.39 is 0 Å². The number of hydrogen-bond acceptors (Lipinski definition) is 3. The minimum atomic E-state index is 0.824. The quantitative estimate of drug-likeness (QED) is 0.710. The van der Waals surface area contributed by atoms with E-state index in [1.165, 1.54) is 5.56 Å². The van der Waals surface area contributed by atoms with Gasteiger partial charge in [0.1, 0.15) is 0 Å². The van der Waals surface area contributed by atoms with E-state index in [2.05, 4.69) is 59.2 Å². The van der Waals surface area contributed by atoms with E-state index in [1.807, 2.05) is 0 Å². The summed E-state index contributed by atoms with van der Waals surface area (Å²) >= 11 is 0. The molecular weight excluding hydrogens is 248 g/mol. The molecule has 0 saturated carbocycles. The Morgan fingerprint density at radius 3 is 2.45 bits per heavy atom. The van der Waals surface area contributed by atoms with Crippen LogP contribution in [0.1, 0.15) is 12.5 Å². The molecular formula is C17H26N2O. The molecule has 1 aromatic rings. The van der Waals surface area contributed by atoms with E-state index in [0.29, 0.717) is 0 Å². The molecule has 0 N–H and O–H groups in total. The lowest BCUT2D eigenvalue weighted by molar-refractivity contribution is 0.0844. The van der Waals surface area contributed by atoms with Gasteiger partial charge in [0.2, 0.25) is 0 Å². The highest BCUT2D eigenvalue weighted by atomic mass is 16.5. The third-order valence-electron chi connectivity index (χ3n) is 3.69. The minimum Gasteiger partial charge on any atom is -0.380 e. The Morgan fingerprint density at radius 2 is 1.75 bits per heavy atom. The second kappa shape index (κ2) is 8.90. The van der Waals surface area contributed by atoms with Crippen LogP contribution in [0, 0.1) is 0 Å². The Hall–Kier alpha value is -1.16. The molecule has 1 aromatic carbocycles.